The molecule has 5 aromatic rings. The number of halogens is 1. The minimum Gasteiger partial charge on any atom is -0.357 e. The molecule has 1 aromatic heterocycles. The molecule has 0 amide bonds. The molecule has 0 aliphatic carbocycles. The summed E-state index contributed by atoms with van der Waals surface area (Å²) in [7, 11) is 0. The lowest BCUT2D eigenvalue weighted by Gasteiger charge is -2.25. The molecule has 0 fully saturated rings. The molecule has 0 spiro atoms. The summed E-state index contributed by atoms with van der Waals surface area (Å²) in [6.45, 7) is 1.02. The van der Waals surface area contributed by atoms with Gasteiger partial charge in [-0.2, -0.15) is 0 Å². The number of fused-ring (bicyclic) bond motifs is 4. The minimum atomic E-state index is 0. The van der Waals surface area contributed by atoms with Gasteiger partial charge in [-0.3, -0.25) is 0 Å². The smallest absolute Gasteiger partial charge is 0.0517 e. The van der Waals surface area contributed by atoms with E-state index in [9.17, 15) is 0 Å². The fourth-order valence-electron chi connectivity index (χ4n) is 4.98. The van der Waals surface area contributed by atoms with Crippen LogP contribution in [0.4, 0.5) is 0 Å². The molecule has 6 rings (SSSR count). The highest BCUT2D eigenvalue weighted by molar-refractivity contribution is 5.90. The largest absolute Gasteiger partial charge is 0.357 e. The highest BCUT2D eigenvalue weighted by atomic mass is 35.5. The van der Waals surface area contributed by atoms with E-state index in [1.54, 1.807) is 0 Å². The third-order valence-corrected chi connectivity index (χ3v) is 6.46. The van der Waals surface area contributed by atoms with Crippen molar-refractivity contribution in [3.05, 3.63) is 108 Å². The van der Waals surface area contributed by atoms with Crippen molar-refractivity contribution in [3.8, 4) is 11.1 Å². The Kier molecular flexibility index (Phi) is 5.27. The number of aromatic nitrogens is 1. The number of rotatable bonds is 3. The SMILES string of the molecule is Cl.c1ccc(-c2ccc3[nH]c4c(c3c2)CCNC4Cc2cccc3ccccc23)cc1. The summed E-state index contributed by atoms with van der Waals surface area (Å²) >= 11 is 0. The molecule has 0 saturated heterocycles. The van der Waals surface area contributed by atoms with Crippen LogP contribution in [-0.2, 0) is 12.8 Å². The standard InChI is InChI=1S/C28H24N2.ClH/c1-2-7-19(8-3-1)21-13-14-26-25(17-21)24-15-16-29-27(28(24)30-26)18-22-11-6-10-20-9-4-5-12-23(20)22;/h1-14,17,27,29-30H,15-16,18H2;1H. The minimum absolute atomic E-state index is 0. The second kappa shape index (κ2) is 8.22. The van der Waals surface area contributed by atoms with E-state index in [0.717, 1.165) is 19.4 Å². The summed E-state index contributed by atoms with van der Waals surface area (Å²) in [6.07, 6.45) is 2.06. The molecule has 2 heterocycles. The Morgan fingerprint density at radius 1 is 0.742 bits per heavy atom. The number of hydrogen-bond acceptors (Lipinski definition) is 1. The monoisotopic (exact) mass is 424 g/mol. The lowest BCUT2D eigenvalue weighted by atomic mass is 9.92. The van der Waals surface area contributed by atoms with Gasteiger partial charge in [0, 0.05) is 16.6 Å². The average molecular weight is 425 g/mol. The maximum absolute atomic E-state index is 3.76. The molecule has 0 radical (unpaired) electrons. The highest BCUT2D eigenvalue weighted by Crippen LogP contribution is 2.35. The number of aromatic amines is 1. The Labute approximate surface area is 188 Å². The van der Waals surface area contributed by atoms with Crippen molar-refractivity contribution >= 4 is 34.1 Å². The van der Waals surface area contributed by atoms with Crippen LogP contribution in [0, 0.1) is 0 Å². The van der Waals surface area contributed by atoms with E-state index in [4.69, 9.17) is 0 Å². The van der Waals surface area contributed by atoms with Crippen molar-refractivity contribution in [1.29, 1.82) is 0 Å². The predicted molar refractivity (Wildman–Crippen MR) is 133 cm³/mol. The molecule has 3 heteroatoms. The van der Waals surface area contributed by atoms with Crippen molar-refractivity contribution in [1.82, 2.24) is 10.3 Å². The van der Waals surface area contributed by atoms with Gasteiger partial charge < -0.3 is 10.3 Å². The summed E-state index contributed by atoms with van der Waals surface area (Å²) in [6, 6.07) is 33.2. The second-order valence-corrected chi connectivity index (χ2v) is 8.24. The zero-order valence-corrected chi connectivity index (χ0v) is 18.1. The van der Waals surface area contributed by atoms with Gasteiger partial charge in [0.15, 0.2) is 0 Å². The van der Waals surface area contributed by atoms with E-state index in [1.807, 2.05) is 0 Å². The van der Waals surface area contributed by atoms with Gasteiger partial charge in [-0.25, -0.2) is 0 Å². The molecular weight excluding hydrogens is 400 g/mol. The van der Waals surface area contributed by atoms with E-state index >= 15 is 0 Å². The van der Waals surface area contributed by atoms with Crippen LogP contribution < -0.4 is 5.32 Å². The molecule has 154 valence electrons. The molecule has 1 atom stereocenters. The van der Waals surface area contributed by atoms with Crippen LogP contribution in [-0.4, -0.2) is 11.5 Å². The van der Waals surface area contributed by atoms with Gasteiger partial charge in [0.1, 0.15) is 0 Å². The second-order valence-electron chi connectivity index (χ2n) is 8.24. The van der Waals surface area contributed by atoms with Crippen LogP contribution in [0.2, 0.25) is 0 Å². The molecule has 2 N–H and O–H groups in total. The van der Waals surface area contributed by atoms with Crippen molar-refractivity contribution in [2.24, 2.45) is 0 Å². The van der Waals surface area contributed by atoms with E-state index in [0.29, 0.717) is 6.04 Å². The van der Waals surface area contributed by atoms with E-state index in [-0.39, 0.29) is 12.4 Å². The van der Waals surface area contributed by atoms with Gasteiger partial charge in [-0.05, 0) is 64.5 Å². The molecule has 1 aliphatic heterocycles. The average Bonchev–Trinajstić information content (AvgIpc) is 3.19. The first kappa shape index (κ1) is 19.9. The summed E-state index contributed by atoms with van der Waals surface area (Å²) in [5, 5.41) is 7.81. The maximum Gasteiger partial charge on any atom is 0.0517 e. The van der Waals surface area contributed by atoms with Crippen molar-refractivity contribution < 1.29 is 0 Å². The molecule has 4 aromatic carbocycles. The van der Waals surface area contributed by atoms with Crippen LogP contribution >= 0.6 is 12.4 Å². The number of benzene rings is 4. The lowest BCUT2D eigenvalue weighted by molar-refractivity contribution is 0.496. The van der Waals surface area contributed by atoms with Gasteiger partial charge in [0.2, 0.25) is 0 Å². The molecule has 31 heavy (non-hydrogen) atoms. The molecule has 1 aliphatic rings. The van der Waals surface area contributed by atoms with Gasteiger partial charge in [0.05, 0.1) is 6.04 Å². The van der Waals surface area contributed by atoms with Gasteiger partial charge in [-0.1, -0.05) is 78.9 Å². The Bertz CT molecular complexity index is 1350. The van der Waals surface area contributed by atoms with Crippen LogP contribution in [0.15, 0.2) is 91.0 Å². The normalized spacial score (nSPS) is 15.5. The number of H-pyrrole nitrogens is 1. The summed E-state index contributed by atoms with van der Waals surface area (Å²) in [5.41, 5.74) is 8.04. The van der Waals surface area contributed by atoms with Crippen LogP contribution in [0.25, 0.3) is 32.8 Å². The first-order valence-electron chi connectivity index (χ1n) is 10.8. The lowest BCUT2D eigenvalue weighted by Crippen LogP contribution is -2.31. The zero-order chi connectivity index (χ0) is 19.9. The fraction of sp³-hybridized carbons (Fsp3) is 0.143. The Morgan fingerprint density at radius 3 is 2.45 bits per heavy atom. The predicted octanol–water partition coefficient (Wildman–Crippen LogP) is 6.84. The van der Waals surface area contributed by atoms with E-state index in [1.165, 1.54) is 49.6 Å². The quantitative estimate of drug-likeness (QED) is 0.326. The van der Waals surface area contributed by atoms with Crippen molar-refractivity contribution in [2.75, 3.05) is 6.54 Å². The third kappa shape index (κ3) is 3.52. The van der Waals surface area contributed by atoms with Gasteiger partial charge in [-0.15, -0.1) is 12.4 Å². The van der Waals surface area contributed by atoms with Gasteiger partial charge >= 0.3 is 0 Å². The van der Waals surface area contributed by atoms with Crippen molar-refractivity contribution in [2.45, 2.75) is 18.9 Å². The Hall–Kier alpha value is -3.07. The number of nitrogens with one attached hydrogen (secondary N) is 2. The third-order valence-electron chi connectivity index (χ3n) is 6.46. The maximum atomic E-state index is 3.76. The van der Waals surface area contributed by atoms with Crippen LogP contribution in [0.1, 0.15) is 22.9 Å². The molecule has 0 saturated carbocycles. The Morgan fingerprint density at radius 2 is 1.55 bits per heavy atom. The summed E-state index contributed by atoms with van der Waals surface area (Å²) < 4.78 is 0. The highest BCUT2D eigenvalue weighted by Gasteiger charge is 2.24. The van der Waals surface area contributed by atoms with Crippen LogP contribution in [0.5, 0.6) is 0 Å². The zero-order valence-electron chi connectivity index (χ0n) is 17.3. The number of hydrogen-bond donors (Lipinski definition) is 2. The van der Waals surface area contributed by atoms with Crippen LogP contribution in [0.3, 0.4) is 0 Å². The van der Waals surface area contributed by atoms with Crippen molar-refractivity contribution in [3.63, 3.8) is 0 Å². The topological polar surface area (TPSA) is 27.8 Å². The van der Waals surface area contributed by atoms with Gasteiger partial charge in [0.25, 0.3) is 0 Å². The molecule has 0 bridgehead atoms. The fourth-order valence-corrected chi connectivity index (χ4v) is 4.98. The first-order valence-corrected chi connectivity index (χ1v) is 10.8. The summed E-state index contributed by atoms with van der Waals surface area (Å²) in [4.78, 5) is 3.75. The first-order chi connectivity index (χ1) is 14.9. The molecular formula is C28H25ClN2. The van der Waals surface area contributed by atoms with E-state index in [2.05, 4.69) is 101 Å². The van der Waals surface area contributed by atoms with E-state index < -0.39 is 0 Å². The Balaban J connectivity index is 0.00000204. The molecule has 2 nitrogen and oxygen atoms in total. The molecule has 1 unspecified atom stereocenters. The summed E-state index contributed by atoms with van der Waals surface area (Å²) in [5.74, 6) is 0.